The molecule has 2 aliphatic rings. The summed E-state index contributed by atoms with van der Waals surface area (Å²) in [7, 11) is 3.71. The van der Waals surface area contributed by atoms with Crippen LogP contribution < -0.4 is 10.1 Å². The van der Waals surface area contributed by atoms with Crippen LogP contribution >= 0.6 is 11.6 Å². The van der Waals surface area contributed by atoms with Gasteiger partial charge in [0, 0.05) is 54.1 Å². The third kappa shape index (κ3) is 5.16. The molecule has 1 heterocycles. The number of pyridine rings is 1. The Kier molecular flexibility index (Phi) is 7.63. The lowest BCUT2D eigenvalue weighted by Gasteiger charge is -2.37. The summed E-state index contributed by atoms with van der Waals surface area (Å²) in [6.07, 6.45) is 8.18. The maximum atomic E-state index is 14.3. The Morgan fingerprint density at radius 1 is 1.08 bits per heavy atom. The first kappa shape index (κ1) is 25.5. The molecule has 2 aromatic carbocycles. The molecule has 1 saturated carbocycles. The molecule has 5 nitrogen and oxygen atoms in total. The SMILES string of the molecule is CNC1CCC(N(Cc2cc(-c3ccncc3)ccc2OC)C(=O)C2=C(Cl)c3c(C)cccc3C2)CC1. The quantitative estimate of drug-likeness (QED) is 0.411. The monoisotopic (exact) mass is 515 g/mol. The van der Waals surface area contributed by atoms with Crippen molar-refractivity contribution in [3.8, 4) is 16.9 Å². The number of methoxy groups -OCH3 is 1. The van der Waals surface area contributed by atoms with Crippen LogP contribution in [0.4, 0.5) is 0 Å². The molecule has 2 aliphatic carbocycles. The normalized spacial score (nSPS) is 19.0. The number of carbonyl (C=O) groups is 1. The van der Waals surface area contributed by atoms with Gasteiger partial charge >= 0.3 is 0 Å². The molecule has 0 saturated heterocycles. The highest BCUT2D eigenvalue weighted by molar-refractivity contribution is 6.52. The molecule has 0 bridgehead atoms. The molecule has 1 aromatic heterocycles. The second-order valence-electron chi connectivity index (χ2n) is 10.1. The van der Waals surface area contributed by atoms with Gasteiger partial charge in [0.05, 0.1) is 12.1 Å². The first-order valence-corrected chi connectivity index (χ1v) is 13.4. The number of hydrogen-bond donors (Lipinski definition) is 1. The van der Waals surface area contributed by atoms with Crippen molar-refractivity contribution < 1.29 is 9.53 Å². The van der Waals surface area contributed by atoms with Crippen LogP contribution in [0.5, 0.6) is 5.75 Å². The van der Waals surface area contributed by atoms with Gasteiger partial charge in [-0.15, -0.1) is 0 Å². The van der Waals surface area contributed by atoms with E-state index in [1.807, 2.05) is 31.3 Å². The minimum absolute atomic E-state index is 0.0323. The first-order valence-electron chi connectivity index (χ1n) is 13.0. The van der Waals surface area contributed by atoms with Crippen LogP contribution in [0.15, 0.2) is 66.5 Å². The van der Waals surface area contributed by atoms with Crippen molar-refractivity contribution in [3.05, 3.63) is 88.8 Å². The summed E-state index contributed by atoms with van der Waals surface area (Å²) in [6, 6.07) is 17.0. The Hall–Kier alpha value is -3.15. The van der Waals surface area contributed by atoms with Crippen molar-refractivity contribution in [2.24, 2.45) is 0 Å². The zero-order valence-electron chi connectivity index (χ0n) is 21.8. The fourth-order valence-corrected chi connectivity index (χ4v) is 6.22. The lowest BCUT2D eigenvalue weighted by atomic mass is 9.89. The van der Waals surface area contributed by atoms with E-state index < -0.39 is 0 Å². The van der Waals surface area contributed by atoms with Gasteiger partial charge in [-0.25, -0.2) is 0 Å². The molecule has 1 fully saturated rings. The van der Waals surface area contributed by atoms with Gasteiger partial charge in [0.15, 0.2) is 0 Å². The van der Waals surface area contributed by atoms with Crippen molar-refractivity contribution in [2.75, 3.05) is 14.2 Å². The Bertz CT molecular complexity index is 1310. The summed E-state index contributed by atoms with van der Waals surface area (Å²) in [5.41, 5.74) is 7.10. The molecule has 0 spiro atoms. The van der Waals surface area contributed by atoms with Gasteiger partial charge in [-0.2, -0.15) is 0 Å². The van der Waals surface area contributed by atoms with E-state index in [9.17, 15) is 4.79 Å². The second-order valence-corrected chi connectivity index (χ2v) is 10.4. The molecular formula is C31H34ClN3O2. The predicted molar refractivity (Wildman–Crippen MR) is 150 cm³/mol. The third-order valence-electron chi connectivity index (χ3n) is 7.91. The number of ether oxygens (including phenoxy) is 1. The van der Waals surface area contributed by atoms with Gasteiger partial charge in [0.25, 0.3) is 5.91 Å². The summed E-state index contributed by atoms with van der Waals surface area (Å²) in [5, 5.41) is 4.01. The Balaban J connectivity index is 1.51. The van der Waals surface area contributed by atoms with E-state index in [0.29, 0.717) is 29.6 Å². The molecule has 0 radical (unpaired) electrons. The lowest BCUT2D eigenvalue weighted by molar-refractivity contribution is -0.130. The number of hydrogen-bond acceptors (Lipinski definition) is 4. The number of rotatable bonds is 7. The number of amides is 1. The summed E-state index contributed by atoms with van der Waals surface area (Å²) >= 11 is 6.90. The largest absolute Gasteiger partial charge is 0.496 e. The van der Waals surface area contributed by atoms with Crippen LogP contribution in [0, 0.1) is 6.92 Å². The lowest BCUT2D eigenvalue weighted by Crippen LogP contribution is -2.45. The van der Waals surface area contributed by atoms with Crippen LogP contribution in [-0.2, 0) is 17.8 Å². The van der Waals surface area contributed by atoms with Crippen LogP contribution in [0.3, 0.4) is 0 Å². The minimum Gasteiger partial charge on any atom is -0.496 e. The number of aryl methyl sites for hydroxylation is 1. The standard InChI is InChI=1S/C31H34ClN3O2/c1-20-5-4-6-23-18-27(30(32)29(20)23)31(36)35(26-10-8-25(33-2)9-11-26)19-24-17-22(7-12-28(24)37-3)21-13-15-34-16-14-21/h4-7,12-17,25-26,33H,8-11,18-19H2,1-3H3. The molecule has 1 amide bonds. The number of nitrogens with one attached hydrogen (secondary N) is 1. The van der Waals surface area contributed by atoms with E-state index in [-0.39, 0.29) is 11.9 Å². The summed E-state index contributed by atoms with van der Waals surface area (Å²) < 4.78 is 5.75. The first-order chi connectivity index (χ1) is 18.0. The van der Waals surface area contributed by atoms with Gasteiger partial charge in [0.2, 0.25) is 0 Å². The van der Waals surface area contributed by atoms with E-state index in [1.54, 1.807) is 19.5 Å². The van der Waals surface area contributed by atoms with Crippen LogP contribution in [0.1, 0.15) is 47.9 Å². The molecule has 5 rings (SSSR count). The average Bonchev–Trinajstić information content (AvgIpc) is 3.29. The third-order valence-corrected chi connectivity index (χ3v) is 8.33. The van der Waals surface area contributed by atoms with Crippen molar-refractivity contribution in [2.45, 2.75) is 57.7 Å². The van der Waals surface area contributed by atoms with Gasteiger partial charge in [-0.05, 0) is 86.2 Å². The summed E-state index contributed by atoms with van der Waals surface area (Å²) in [6.45, 7) is 2.53. The smallest absolute Gasteiger partial charge is 0.252 e. The molecule has 3 aromatic rings. The van der Waals surface area contributed by atoms with Gasteiger partial charge in [-0.3, -0.25) is 9.78 Å². The van der Waals surface area contributed by atoms with E-state index in [4.69, 9.17) is 16.3 Å². The summed E-state index contributed by atoms with van der Waals surface area (Å²) in [5.74, 6) is 0.815. The summed E-state index contributed by atoms with van der Waals surface area (Å²) in [4.78, 5) is 20.5. The van der Waals surface area contributed by atoms with Crippen LogP contribution in [0.25, 0.3) is 16.2 Å². The van der Waals surface area contributed by atoms with Crippen molar-refractivity contribution in [3.63, 3.8) is 0 Å². The minimum atomic E-state index is 0.0323. The number of benzene rings is 2. The molecule has 192 valence electrons. The average molecular weight is 516 g/mol. The predicted octanol–water partition coefficient (Wildman–Crippen LogP) is 6.13. The maximum Gasteiger partial charge on any atom is 0.252 e. The highest BCUT2D eigenvalue weighted by Crippen LogP contribution is 2.40. The number of fused-ring (bicyclic) bond motifs is 1. The maximum absolute atomic E-state index is 14.3. The zero-order chi connectivity index (χ0) is 25.9. The van der Waals surface area contributed by atoms with E-state index in [0.717, 1.165) is 64.8 Å². The second kappa shape index (κ2) is 11.1. The van der Waals surface area contributed by atoms with E-state index >= 15 is 0 Å². The number of halogens is 1. The molecule has 1 N–H and O–H groups in total. The molecule has 0 aliphatic heterocycles. The Morgan fingerprint density at radius 3 is 2.51 bits per heavy atom. The van der Waals surface area contributed by atoms with Crippen LogP contribution in [0.2, 0.25) is 0 Å². The molecular weight excluding hydrogens is 482 g/mol. The number of aromatic nitrogens is 1. The zero-order valence-corrected chi connectivity index (χ0v) is 22.5. The van der Waals surface area contributed by atoms with Crippen molar-refractivity contribution in [1.82, 2.24) is 15.2 Å². The molecule has 0 atom stereocenters. The fourth-order valence-electron chi connectivity index (χ4n) is 5.80. The Morgan fingerprint density at radius 2 is 1.84 bits per heavy atom. The topological polar surface area (TPSA) is 54.5 Å². The molecule has 6 heteroatoms. The van der Waals surface area contributed by atoms with Crippen molar-refractivity contribution in [1.29, 1.82) is 0 Å². The molecule has 0 unspecified atom stereocenters. The van der Waals surface area contributed by atoms with Gasteiger partial charge < -0.3 is 15.0 Å². The number of carbonyl (C=O) groups excluding carboxylic acids is 1. The van der Waals surface area contributed by atoms with E-state index in [1.165, 1.54) is 0 Å². The highest BCUT2D eigenvalue weighted by atomic mass is 35.5. The van der Waals surface area contributed by atoms with Gasteiger partial charge in [-0.1, -0.05) is 35.9 Å². The van der Waals surface area contributed by atoms with Gasteiger partial charge in [0.1, 0.15) is 5.75 Å². The van der Waals surface area contributed by atoms with Crippen LogP contribution in [-0.4, -0.2) is 42.0 Å². The van der Waals surface area contributed by atoms with Crippen molar-refractivity contribution >= 4 is 22.5 Å². The highest BCUT2D eigenvalue weighted by Gasteiger charge is 2.34. The Labute approximate surface area is 224 Å². The molecule has 37 heavy (non-hydrogen) atoms. The fraction of sp³-hybridized carbons (Fsp3) is 0.355. The number of nitrogens with zero attached hydrogens (tertiary/aromatic N) is 2. The van der Waals surface area contributed by atoms with E-state index in [2.05, 4.69) is 46.4 Å².